The topological polar surface area (TPSA) is 32.3 Å². The van der Waals surface area contributed by atoms with Crippen molar-refractivity contribution in [1.29, 1.82) is 0 Å². The lowest BCUT2D eigenvalue weighted by atomic mass is 10.0. The summed E-state index contributed by atoms with van der Waals surface area (Å²) in [5, 5.41) is 3.38. The fraction of sp³-hybridized carbons (Fsp3) is 0.533. The molecule has 1 aromatic rings. The van der Waals surface area contributed by atoms with Gasteiger partial charge in [0.05, 0.1) is 0 Å². The fourth-order valence-corrected chi connectivity index (χ4v) is 3.16. The van der Waals surface area contributed by atoms with Crippen LogP contribution in [0.1, 0.15) is 35.7 Å². The molecular weight excluding hydrogens is 304 g/mol. The number of halogens is 1. The van der Waals surface area contributed by atoms with Crippen LogP contribution in [0.15, 0.2) is 22.7 Å². The monoisotopic (exact) mass is 324 g/mol. The first-order valence-electron chi connectivity index (χ1n) is 6.91. The first-order chi connectivity index (χ1) is 9.13. The van der Waals surface area contributed by atoms with Crippen molar-refractivity contribution in [2.75, 3.05) is 19.6 Å². The average molecular weight is 325 g/mol. The van der Waals surface area contributed by atoms with Gasteiger partial charge in [-0.25, -0.2) is 0 Å². The van der Waals surface area contributed by atoms with Crippen LogP contribution in [0.5, 0.6) is 0 Å². The molecule has 0 spiro atoms. The highest BCUT2D eigenvalue weighted by molar-refractivity contribution is 9.10. The Hall–Kier alpha value is -0.870. The van der Waals surface area contributed by atoms with Gasteiger partial charge in [0, 0.05) is 29.2 Å². The molecule has 1 aliphatic rings. The summed E-state index contributed by atoms with van der Waals surface area (Å²) in [7, 11) is 0. The zero-order valence-corrected chi connectivity index (χ0v) is 13.2. The lowest BCUT2D eigenvalue weighted by molar-refractivity contribution is 0.0661. The summed E-state index contributed by atoms with van der Waals surface area (Å²) in [5.74, 6) is 0.154. The maximum absolute atomic E-state index is 12.7. The molecule has 1 atom stereocenters. The molecule has 4 heteroatoms. The Morgan fingerprint density at radius 2 is 2.32 bits per heavy atom. The van der Waals surface area contributed by atoms with Crippen LogP contribution < -0.4 is 5.32 Å². The van der Waals surface area contributed by atoms with Gasteiger partial charge in [0.15, 0.2) is 0 Å². The van der Waals surface area contributed by atoms with Crippen molar-refractivity contribution in [2.24, 2.45) is 0 Å². The van der Waals surface area contributed by atoms with E-state index in [2.05, 4.69) is 28.2 Å². The molecule has 1 saturated heterocycles. The number of aryl methyl sites for hydroxylation is 1. The van der Waals surface area contributed by atoms with E-state index in [0.29, 0.717) is 6.04 Å². The molecule has 0 radical (unpaired) electrons. The number of nitrogens with zero attached hydrogens (tertiary/aromatic N) is 1. The Morgan fingerprint density at radius 1 is 1.53 bits per heavy atom. The van der Waals surface area contributed by atoms with Gasteiger partial charge >= 0.3 is 0 Å². The Bertz CT molecular complexity index is 455. The second kappa shape index (κ2) is 6.53. The van der Waals surface area contributed by atoms with Crippen LogP contribution in [0, 0.1) is 6.92 Å². The van der Waals surface area contributed by atoms with E-state index < -0.39 is 0 Å². The van der Waals surface area contributed by atoms with Crippen LogP contribution >= 0.6 is 15.9 Å². The molecule has 1 aliphatic heterocycles. The molecular formula is C15H21BrN2O. The van der Waals surface area contributed by atoms with E-state index in [9.17, 15) is 4.79 Å². The van der Waals surface area contributed by atoms with E-state index in [-0.39, 0.29) is 5.91 Å². The first-order valence-corrected chi connectivity index (χ1v) is 7.70. The summed E-state index contributed by atoms with van der Waals surface area (Å²) in [6, 6.07) is 6.18. The molecule has 104 valence electrons. The highest BCUT2D eigenvalue weighted by Crippen LogP contribution is 2.20. The lowest BCUT2D eigenvalue weighted by Gasteiger charge is -2.34. The Kier molecular flexibility index (Phi) is 4.99. The smallest absolute Gasteiger partial charge is 0.254 e. The van der Waals surface area contributed by atoms with Gasteiger partial charge in [-0.15, -0.1) is 0 Å². The van der Waals surface area contributed by atoms with Crippen LogP contribution in [-0.2, 0) is 0 Å². The van der Waals surface area contributed by atoms with Gasteiger partial charge in [0.1, 0.15) is 0 Å². The fourth-order valence-electron chi connectivity index (χ4n) is 2.69. The molecule has 1 amide bonds. The summed E-state index contributed by atoms with van der Waals surface area (Å²) in [6.07, 6.45) is 2.25. The number of carbonyl (C=O) groups is 1. The second-order valence-electron chi connectivity index (χ2n) is 5.05. The maximum atomic E-state index is 12.7. The molecule has 0 aromatic heterocycles. The second-order valence-corrected chi connectivity index (χ2v) is 5.97. The molecule has 1 heterocycles. The van der Waals surface area contributed by atoms with Gasteiger partial charge < -0.3 is 10.2 Å². The molecule has 2 rings (SSSR count). The van der Waals surface area contributed by atoms with Crippen molar-refractivity contribution in [2.45, 2.75) is 32.7 Å². The summed E-state index contributed by atoms with van der Waals surface area (Å²) in [5.41, 5.74) is 1.84. The van der Waals surface area contributed by atoms with Crippen LogP contribution in [-0.4, -0.2) is 36.5 Å². The third-order valence-corrected chi connectivity index (χ3v) is 4.23. The molecule has 1 fully saturated rings. The van der Waals surface area contributed by atoms with Crippen LogP contribution in [0.2, 0.25) is 0 Å². The minimum atomic E-state index is 0.154. The number of hydrogen-bond acceptors (Lipinski definition) is 2. The van der Waals surface area contributed by atoms with Crippen molar-refractivity contribution in [3.8, 4) is 0 Å². The van der Waals surface area contributed by atoms with Crippen molar-refractivity contribution in [1.82, 2.24) is 10.2 Å². The van der Waals surface area contributed by atoms with E-state index >= 15 is 0 Å². The normalized spacial score (nSPS) is 19.2. The minimum Gasteiger partial charge on any atom is -0.335 e. The quantitative estimate of drug-likeness (QED) is 0.927. The standard InChI is InChI=1S/C15H21BrN2O/c1-3-18(13-5-4-8-17-10-13)15(19)14-7-6-12(16)9-11(14)2/h6-7,9,13,17H,3-5,8,10H2,1-2H3. The van der Waals surface area contributed by atoms with Crippen LogP contribution in [0.25, 0.3) is 0 Å². The largest absolute Gasteiger partial charge is 0.335 e. The molecule has 19 heavy (non-hydrogen) atoms. The summed E-state index contributed by atoms with van der Waals surface area (Å²) < 4.78 is 1.02. The zero-order chi connectivity index (χ0) is 13.8. The van der Waals surface area contributed by atoms with E-state index in [1.807, 2.05) is 30.0 Å². The molecule has 0 saturated carbocycles. The van der Waals surface area contributed by atoms with Gasteiger partial charge in [-0.2, -0.15) is 0 Å². The van der Waals surface area contributed by atoms with Gasteiger partial charge in [-0.1, -0.05) is 15.9 Å². The summed E-state index contributed by atoms with van der Waals surface area (Å²) in [4.78, 5) is 14.7. The number of nitrogens with one attached hydrogen (secondary N) is 1. The van der Waals surface area contributed by atoms with Crippen molar-refractivity contribution < 1.29 is 4.79 Å². The van der Waals surface area contributed by atoms with Crippen molar-refractivity contribution in [3.05, 3.63) is 33.8 Å². The van der Waals surface area contributed by atoms with Gasteiger partial charge in [-0.05, 0) is 57.0 Å². The highest BCUT2D eigenvalue weighted by Gasteiger charge is 2.25. The molecule has 1 unspecified atom stereocenters. The van der Waals surface area contributed by atoms with E-state index in [4.69, 9.17) is 0 Å². The van der Waals surface area contributed by atoms with E-state index in [1.54, 1.807) is 0 Å². The average Bonchev–Trinajstić information content (AvgIpc) is 2.40. The van der Waals surface area contributed by atoms with Crippen molar-refractivity contribution >= 4 is 21.8 Å². The maximum Gasteiger partial charge on any atom is 0.254 e. The highest BCUT2D eigenvalue weighted by atomic mass is 79.9. The zero-order valence-electron chi connectivity index (χ0n) is 11.6. The third-order valence-electron chi connectivity index (χ3n) is 3.73. The lowest BCUT2D eigenvalue weighted by Crippen LogP contribution is -2.48. The number of hydrogen-bond donors (Lipinski definition) is 1. The Morgan fingerprint density at radius 3 is 2.89 bits per heavy atom. The van der Waals surface area contributed by atoms with Crippen molar-refractivity contribution in [3.63, 3.8) is 0 Å². The Labute approximate surface area is 123 Å². The van der Waals surface area contributed by atoms with Gasteiger partial charge in [0.25, 0.3) is 5.91 Å². The summed E-state index contributed by atoms with van der Waals surface area (Å²) in [6.45, 7) is 6.79. The molecule has 0 bridgehead atoms. The number of amides is 1. The third kappa shape index (κ3) is 3.37. The number of likely N-dealkylation sites (N-methyl/N-ethyl adjacent to an activating group) is 1. The summed E-state index contributed by atoms with van der Waals surface area (Å²) >= 11 is 3.44. The predicted molar refractivity (Wildman–Crippen MR) is 81.5 cm³/mol. The van der Waals surface area contributed by atoms with Crippen LogP contribution in [0.3, 0.4) is 0 Å². The molecule has 1 aromatic carbocycles. The van der Waals surface area contributed by atoms with E-state index in [1.165, 1.54) is 0 Å². The number of rotatable bonds is 3. The molecule has 1 N–H and O–H groups in total. The van der Waals surface area contributed by atoms with Crippen LogP contribution in [0.4, 0.5) is 0 Å². The SMILES string of the molecule is CCN(C(=O)c1ccc(Br)cc1C)C1CCCNC1. The number of piperidine rings is 1. The number of carbonyl (C=O) groups excluding carboxylic acids is 1. The van der Waals surface area contributed by atoms with Gasteiger partial charge in [0.2, 0.25) is 0 Å². The number of benzene rings is 1. The minimum absolute atomic E-state index is 0.154. The Balaban J connectivity index is 2.19. The van der Waals surface area contributed by atoms with Gasteiger partial charge in [-0.3, -0.25) is 4.79 Å². The predicted octanol–water partition coefficient (Wildman–Crippen LogP) is 2.97. The van der Waals surface area contributed by atoms with E-state index in [0.717, 1.165) is 48.1 Å². The molecule has 0 aliphatic carbocycles. The molecule has 3 nitrogen and oxygen atoms in total. The first kappa shape index (κ1) is 14.5.